The minimum absolute atomic E-state index is 0.0147. The lowest BCUT2D eigenvalue weighted by Gasteiger charge is -2.30. The summed E-state index contributed by atoms with van der Waals surface area (Å²) in [5.74, 6) is 0.640. The molecular formula is C33H47N3O8. The standard InChI is InChI=1S/C33H47N3O8/c1-6-7-15-35(16-10-14-34(2)3)30(37)21-36-20-24(23-18-28(41-5)32-29(19-23)43-22-44-32)31(33(38)39)25(36)13-17-42-27-12-9-8-11-26(27)40-4/h8-9,11-12,18-19,24-25,31H,6-7,10,13-17,20-22H2,1-5H3,(H,38,39). The number of carbonyl (C=O) groups excluding carboxylic acids is 1. The van der Waals surface area contributed by atoms with Crippen molar-refractivity contribution >= 4 is 11.9 Å². The van der Waals surface area contributed by atoms with Gasteiger partial charge in [0, 0.05) is 31.6 Å². The fourth-order valence-electron chi connectivity index (χ4n) is 6.14. The van der Waals surface area contributed by atoms with Gasteiger partial charge in [-0.2, -0.15) is 0 Å². The topological polar surface area (TPSA) is 110 Å². The van der Waals surface area contributed by atoms with Crippen molar-refractivity contribution < 1.29 is 38.4 Å². The van der Waals surface area contributed by atoms with Gasteiger partial charge in [0.25, 0.3) is 0 Å². The molecule has 0 aliphatic carbocycles. The Labute approximate surface area is 260 Å². The predicted octanol–water partition coefficient (Wildman–Crippen LogP) is 3.95. The molecule has 2 heterocycles. The van der Waals surface area contributed by atoms with Crippen LogP contribution in [-0.4, -0.2) is 112 Å². The third kappa shape index (κ3) is 8.06. The number of ether oxygens (including phenoxy) is 5. The number of para-hydroxylation sites is 2. The Balaban J connectivity index is 1.60. The molecule has 2 aliphatic heterocycles. The third-order valence-electron chi connectivity index (χ3n) is 8.39. The van der Waals surface area contributed by atoms with E-state index in [0.717, 1.165) is 31.4 Å². The number of methoxy groups -OCH3 is 2. The van der Waals surface area contributed by atoms with Crippen LogP contribution < -0.4 is 23.7 Å². The summed E-state index contributed by atoms with van der Waals surface area (Å²) in [6, 6.07) is 10.6. The molecule has 1 fully saturated rings. The maximum absolute atomic E-state index is 13.8. The van der Waals surface area contributed by atoms with Crippen molar-refractivity contribution in [3.8, 4) is 28.7 Å². The Morgan fingerprint density at radius 2 is 1.73 bits per heavy atom. The Hall–Kier alpha value is -3.70. The van der Waals surface area contributed by atoms with E-state index in [1.165, 1.54) is 0 Å². The molecule has 0 spiro atoms. The van der Waals surface area contributed by atoms with Crippen LogP contribution in [0.1, 0.15) is 44.1 Å². The van der Waals surface area contributed by atoms with Crippen LogP contribution in [0, 0.1) is 5.92 Å². The molecule has 0 aromatic heterocycles. The summed E-state index contributed by atoms with van der Waals surface area (Å²) in [7, 11) is 7.18. The van der Waals surface area contributed by atoms with Gasteiger partial charge in [-0.25, -0.2) is 0 Å². The van der Waals surface area contributed by atoms with Gasteiger partial charge in [0.15, 0.2) is 23.0 Å². The number of fused-ring (bicyclic) bond motifs is 1. The van der Waals surface area contributed by atoms with Gasteiger partial charge in [0.2, 0.25) is 18.4 Å². The molecule has 1 amide bonds. The van der Waals surface area contributed by atoms with E-state index in [4.69, 9.17) is 23.7 Å². The molecule has 4 rings (SSSR count). The van der Waals surface area contributed by atoms with Crippen LogP contribution in [0.3, 0.4) is 0 Å². The number of carbonyl (C=O) groups is 2. The number of nitrogens with zero attached hydrogens (tertiary/aromatic N) is 3. The lowest BCUT2D eigenvalue weighted by atomic mass is 9.84. The van der Waals surface area contributed by atoms with Gasteiger partial charge in [-0.1, -0.05) is 25.5 Å². The predicted molar refractivity (Wildman–Crippen MR) is 166 cm³/mol. The number of unbranched alkanes of at least 4 members (excludes halogenated alkanes) is 1. The van der Waals surface area contributed by atoms with Gasteiger partial charge in [-0.05, 0) is 69.7 Å². The number of aliphatic carboxylic acids is 1. The summed E-state index contributed by atoms with van der Waals surface area (Å²) in [6.07, 6.45) is 3.19. The highest BCUT2D eigenvalue weighted by atomic mass is 16.7. The molecule has 11 heteroatoms. The number of likely N-dealkylation sites (tertiary alicyclic amines) is 1. The van der Waals surface area contributed by atoms with E-state index >= 15 is 0 Å². The zero-order valence-corrected chi connectivity index (χ0v) is 26.6. The number of hydrogen-bond acceptors (Lipinski definition) is 9. The molecule has 2 aromatic carbocycles. The molecule has 3 atom stereocenters. The van der Waals surface area contributed by atoms with Gasteiger partial charge in [0.05, 0.1) is 33.3 Å². The van der Waals surface area contributed by atoms with E-state index in [2.05, 4.69) is 11.8 Å². The Bertz CT molecular complexity index is 1260. The average molecular weight is 614 g/mol. The van der Waals surface area contributed by atoms with E-state index in [1.807, 2.05) is 60.3 Å². The van der Waals surface area contributed by atoms with Crippen molar-refractivity contribution in [1.82, 2.24) is 14.7 Å². The lowest BCUT2D eigenvalue weighted by molar-refractivity contribution is -0.144. The summed E-state index contributed by atoms with van der Waals surface area (Å²) in [6.45, 7) is 5.21. The lowest BCUT2D eigenvalue weighted by Crippen LogP contribution is -2.45. The number of hydrogen-bond donors (Lipinski definition) is 1. The Kier molecular flexibility index (Phi) is 12.0. The highest BCUT2D eigenvalue weighted by molar-refractivity contribution is 5.79. The SMILES string of the molecule is CCCCN(CCCN(C)C)C(=O)CN1CC(c2cc(OC)c3c(c2)OCO3)C(C(=O)O)C1CCOc1ccccc1OC. The second-order valence-electron chi connectivity index (χ2n) is 11.6. The molecule has 11 nitrogen and oxygen atoms in total. The Morgan fingerprint density at radius 1 is 1.00 bits per heavy atom. The number of amides is 1. The van der Waals surface area contributed by atoms with Crippen LogP contribution in [0.5, 0.6) is 28.7 Å². The van der Waals surface area contributed by atoms with Crippen LogP contribution >= 0.6 is 0 Å². The van der Waals surface area contributed by atoms with E-state index in [1.54, 1.807) is 14.2 Å². The molecule has 3 unspecified atom stereocenters. The number of benzene rings is 2. The molecule has 44 heavy (non-hydrogen) atoms. The molecule has 1 saturated heterocycles. The first-order chi connectivity index (χ1) is 21.3. The zero-order valence-electron chi connectivity index (χ0n) is 26.6. The normalized spacial score (nSPS) is 19.3. The van der Waals surface area contributed by atoms with Crippen molar-refractivity contribution in [3.63, 3.8) is 0 Å². The first kappa shape index (κ1) is 33.2. The van der Waals surface area contributed by atoms with Crippen molar-refractivity contribution in [2.45, 2.75) is 44.6 Å². The van der Waals surface area contributed by atoms with Crippen molar-refractivity contribution in [1.29, 1.82) is 0 Å². The molecular weight excluding hydrogens is 566 g/mol. The van der Waals surface area contributed by atoms with Gasteiger partial charge < -0.3 is 38.6 Å². The number of carboxylic acid groups (broad SMARTS) is 1. The average Bonchev–Trinajstić information content (AvgIpc) is 3.63. The summed E-state index contributed by atoms with van der Waals surface area (Å²) in [5.41, 5.74) is 0.776. The second-order valence-corrected chi connectivity index (χ2v) is 11.6. The van der Waals surface area contributed by atoms with Gasteiger partial charge in [-0.3, -0.25) is 14.5 Å². The maximum Gasteiger partial charge on any atom is 0.308 e. The minimum Gasteiger partial charge on any atom is -0.493 e. The highest BCUT2D eigenvalue weighted by Crippen LogP contribution is 2.47. The summed E-state index contributed by atoms with van der Waals surface area (Å²) in [5, 5.41) is 10.6. The van der Waals surface area contributed by atoms with Crippen LogP contribution in [0.2, 0.25) is 0 Å². The maximum atomic E-state index is 13.8. The first-order valence-corrected chi connectivity index (χ1v) is 15.4. The first-order valence-electron chi connectivity index (χ1n) is 15.4. The van der Waals surface area contributed by atoms with Gasteiger partial charge >= 0.3 is 5.97 Å². The smallest absolute Gasteiger partial charge is 0.308 e. The number of carboxylic acids is 1. The largest absolute Gasteiger partial charge is 0.493 e. The number of rotatable bonds is 17. The second kappa shape index (κ2) is 15.9. The third-order valence-corrected chi connectivity index (χ3v) is 8.39. The van der Waals surface area contributed by atoms with Crippen LogP contribution in [0.4, 0.5) is 0 Å². The Morgan fingerprint density at radius 3 is 2.41 bits per heavy atom. The molecule has 0 radical (unpaired) electrons. The summed E-state index contributed by atoms with van der Waals surface area (Å²) < 4.78 is 28.3. The van der Waals surface area contributed by atoms with E-state index in [-0.39, 0.29) is 25.9 Å². The quantitative estimate of drug-likeness (QED) is 0.282. The van der Waals surface area contributed by atoms with E-state index < -0.39 is 23.8 Å². The van der Waals surface area contributed by atoms with Gasteiger partial charge in [-0.15, -0.1) is 0 Å². The summed E-state index contributed by atoms with van der Waals surface area (Å²) in [4.78, 5) is 32.8. The molecule has 2 aromatic rings. The zero-order chi connectivity index (χ0) is 31.6. The molecule has 1 N–H and O–H groups in total. The van der Waals surface area contributed by atoms with E-state index in [9.17, 15) is 14.7 Å². The molecule has 242 valence electrons. The van der Waals surface area contributed by atoms with Gasteiger partial charge in [0.1, 0.15) is 0 Å². The molecule has 0 saturated carbocycles. The molecule has 2 aliphatic rings. The summed E-state index contributed by atoms with van der Waals surface area (Å²) >= 11 is 0. The van der Waals surface area contributed by atoms with Crippen molar-refractivity contribution in [2.24, 2.45) is 5.92 Å². The molecule has 0 bridgehead atoms. The van der Waals surface area contributed by atoms with Crippen molar-refractivity contribution in [3.05, 3.63) is 42.0 Å². The highest BCUT2D eigenvalue weighted by Gasteiger charge is 2.47. The minimum atomic E-state index is -0.919. The van der Waals surface area contributed by atoms with Crippen LogP contribution in [-0.2, 0) is 9.59 Å². The fourth-order valence-corrected chi connectivity index (χ4v) is 6.14. The monoisotopic (exact) mass is 613 g/mol. The van der Waals surface area contributed by atoms with Crippen LogP contribution in [0.25, 0.3) is 0 Å². The fraction of sp³-hybridized carbons (Fsp3) is 0.576. The van der Waals surface area contributed by atoms with Crippen molar-refractivity contribution in [2.75, 3.05) is 74.4 Å². The van der Waals surface area contributed by atoms with Crippen LogP contribution in [0.15, 0.2) is 36.4 Å². The van der Waals surface area contributed by atoms with E-state index in [0.29, 0.717) is 54.8 Å².